The van der Waals surface area contributed by atoms with Crippen LogP contribution < -0.4 is 10.6 Å². The summed E-state index contributed by atoms with van der Waals surface area (Å²) in [7, 11) is 5.53. The molecule has 1 fully saturated rings. The van der Waals surface area contributed by atoms with Crippen molar-refractivity contribution >= 4 is 64.0 Å². The first-order valence-corrected chi connectivity index (χ1v) is 13.9. The highest BCUT2D eigenvalue weighted by Crippen LogP contribution is 2.29. The Morgan fingerprint density at radius 3 is 2.59 bits per heavy atom. The molecule has 208 valence electrons. The first kappa shape index (κ1) is 29.2. The fraction of sp³-hybridized carbons (Fsp3) is 0.444. The fourth-order valence-corrected chi connectivity index (χ4v) is 6.48. The molecule has 2 N–H and O–H groups in total. The van der Waals surface area contributed by atoms with Crippen molar-refractivity contribution in [3.8, 4) is 0 Å². The summed E-state index contributed by atoms with van der Waals surface area (Å²) in [5.41, 5.74) is 1.94. The fourth-order valence-electron chi connectivity index (χ4n) is 5.21. The quantitative estimate of drug-likeness (QED) is 0.470. The Balaban J connectivity index is 0.00000353. The predicted octanol–water partition coefficient (Wildman–Crippen LogP) is 3.54. The van der Waals surface area contributed by atoms with E-state index in [0.29, 0.717) is 34.8 Å². The number of aromatic nitrogens is 2. The van der Waals surface area contributed by atoms with Gasteiger partial charge in [-0.2, -0.15) is 0 Å². The summed E-state index contributed by atoms with van der Waals surface area (Å²) in [6.45, 7) is 1.70. The lowest BCUT2D eigenvalue weighted by Gasteiger charge is -2.37. The van der Waals surface area contributed by atoms with E-state index in [1.165, 1.54) is 11.3 Å². The van der Waals surface area contributed by atoms with Crippen LogP contribution in [-0.2, 0) is 17.8 Å². The monoisotopic (exact) mass is 590 g/mol. The molecule has 0 radical (unpaired) electrons. The molecule has 1 aliphatic carbocycles. The normalized spacial score (nSPS) is 21.0. The number of thiazole rings is 1. The lowest BCUT2D eigenvalue weighted by Crippen LogP contribution is -2.56. The number of rotatable bonds is 5. The van der Waals surface area contributed by atoms with Gasteiger partial charge in [0, 0.05) is 60.9 Å². The Kier molecular flexibility index (Phi) is 9.10. The van der Waals surface area contributed by atoms with E-state index >= 15 is 0 Å². The molecule has 0 spiro atoms. The minimum Gasteiger partial charge on any atom is -0.349 e. The number of hydrogen-bond donors (Lipinski definition) is 2. The highest BCUT2D eigenvalue weighted by molar-refractivity contribution is 7.13. The van der Waals surface area contributed by atoms with Gasteiger partial charge >= 0.3 is 0 Å². The summed E-state index contributed by atoms with van der Waals surface area (Å²) in [5, 5.41) is 8.04. The standard InChI is InChI=1S/C27H31ClN6O3S.ClH/c1-33(2)27(37)16-5-7-19(30-24(35)21-8-4-15-12-17(28)6-9-18(15)29-21)22(13-16)31-25(36)26-32-20-10-11-34(3)14-23(20)38-26;/h4,6,8-9,12,16,19,22H,5,7,10-11,13-14H2,1-3H3,(H,30,35)(H,31,36);1H. The van der Waals surface area contributed by atoms with E-state index in [-0.39, 0.29) is 47.8 Å². The third kappa shape index (κ3) is 6.51. The smallest absolute Gasteiger partial charge is 0.280 e. The molecule has 12 heteroatoms. The van der Waals surface area contributed by atoms with Crippen molar-refractivity contribution in [2.24, 2.45) is 5.92 Å². The van der Waals surface area contributed by atoms with Crippen molar-refractivity contribution in [2.75, 3.05) is 27.7 Å². The summed E-state index contributed by atoms with van der Waals surface area (Å²) in [6, 6.07) is 8.03. The minimum atomic E-state index is -0.419. The molecule has 5 rings (SSSR count). The minimum absolute atomic E-state index is 0. The molecule has 0 bridgehead atoms. The molecule has 3 unspecified atom stereocenters. The zero-order valence-electron chi connectivity index (χ0n) is 22.1. The lowest BCUT2D eigenvalue weighted by molar-refractivity contribution is -0.134. The topological polar surface area (TPSA) is 108 Å². The number of halogens is 2. The Labute approximate surface area is 242 Å². The SMILES string of the molecule is CN1CCc2nc(C(=O)NC3CC(C(=O)N(C)C)CCC3NC(=O)c3ccc4cc(Cl)ccc4n3)sc2C1.Cl. The van der Waals surface area contributed by atoms with Crippen molar-refractivity contribution in [1.82, 2.24) is 30.4 Å². The number of nitrogens with one attached hydrogen (secondary N) is 2. The highest BCUT2D eigenvalue weighted by Gasteiger charge is 2.37. The number of pyridine rings is 1. The van der Waals surface area contributed by atoms with Crippen LogP contribution in [-0.4, -0.2) is 77.3 Å². The van der Waals surface area contributed by atoms with E-state index in [0.717, 1.165) is 35.5 Å². The molecule has 1 aromatic carbocycles. The van der Waals surface area contributed by atoms with Gasteiger partial charge in [0.05, 0.1) is 17.3 Å². The molecule has 3 aromatic rings. The number of fused-ring (bicyclic) bond motifs is 2. The molecular weight excluding hydrogens is 559 g/mol. The first-order chi connectivity index (χ1) is 18.2. The second-order valence-electron chi connectivity index (χ2n) is 10.3. The van der Waals surface area contributed by atoms with Gasteiger partial charge in [0.2, 0.25) is 5.91 Å². The molecule has 9 nitrogen and oxygen atoms in total. The van der Waals surface area contributed by atoms with E-state index in [4.69, 9.17) is 11.6 Å². The molecule has 3 heterocycles. The molecule has 2 aromatic heterocycles. The largest absolute Gasteiger partial charge is 0.349 e. The Morgan fingerprint density at radius 2 is 1.82 bits per heavy atom. The van der Waals surface area contributed by atoms with Crippen molar-refractivity contribution < 1.29 is 14.4 Å². The average Bonchev–Trinajstić information content (AvgIpc) is 3.32. The van der Waals surface area contributed by atoms with E-state index in [1.54, 1.807) is 43.3 Å². The number of benzene rings is 1. The van der Waals surface area contributed by atoms with Gasteiger partial charge < -0.3 is 20.4 Å². The van der Waals surface area contributed by atoms with Gasteiger partial charge in [-0.25, -0.2) is 9.97 Å². The van der Waals surface area contributed by atoms with Gasteiger partial charge in [0.1, 0.15) is 5.69 Å². The Hall–Kier alpha value is -2.79. The third-order valence-electron chi connectivity index (χ3n) is 7.27. The van der Waals surface area contributed by atoms with E-state index in [9.17, 15) is 14.4 Å². The van der Waals surface area contributed by atoms with Crippen LogP contribution in [0, 0.1) is 5.92 Å². The van der Waals surface area contributed by atoms with Gasteiger partial charge in [-0.3, -0.25) is 14.4 Å². The van der Waals surface area contributed by atoms with E-state index in [2.05, 4.69) is 32.5 Å². The Bertz CT molecular complexity index is 1400. The second-order valence-corrected chi connectivity index (χ2v) is 11.8. The van der Waals surface area contributed by atoms with Gasteiger partial charge in [-0.05, 0) is 50.6 Å². The van der Waals surface area contributed by atoms with Crippen LogP contribution in [0.3, 0.4) is 0 Å². The van der Waals surface area contributed by atoms with Crippen molar-refractivity contribution in [2.45, 2.75) is 44.3 Å². The summed E-state index contributed by atoms with van der Waals surface area (Å²) in [5.74, 6) is -0.798. The molecular formula is C27H32Cl2N6O3S. The number of likely N-dealkylation sites (N-methyl/N-ethyl adjacent to an activating group) is 1. The maximum atomic E-state index is 13.3. The molecule has 1 saturated carbocycles. The molecule has 1 aliphatic heterocycles. The van der Waals surface area contributed by atoms with Crippen LogP contribution >= 0.6 is 35.3 Å². The van der Waals surface area contributed by atoms with Gasteiger partial charge in [0.15, 0.2) is 5.01 Å². The second kappa shape index (κ2) is 12.2. The van der Waals surface area contributed by atoms with Gasteiger partial charge in [-0.15, -0.1) is 23.7 Å². The van der Waals surface area contributed by atoms with Crippen LogP contribution in [0.2, 0.25) is 5.02 Å². The van der Waals surface area contributed by atoms with Crippen LogP contribution in [0.25, 0.3) is 10.9 Å². The molecule has 39 heavy (non-hydrogen) atoms. The maximum Gasteiger partial charge on any atom is 0.280 e. The van der Waals surface area contributed by atoms with Crippen LogP contribution in [0.5, 0.6) is 0 Å². The van der Waals surface area contributed by atoms with E-state index < -0.39 is 6.04 Å². The Morgan fingerprint density at radius 1 is 1.05 bits per heavy atom. The maximum absolute atomic E-state index is 13.3. The summed E-state index contributed by atoms with van der Waals surface area (Å²) >= 11 is 7.48. The van der Waals surface area contributed by atoms with Crippen LogP contribution in [0.1, 0.15) is 50.1 Å². The summed E-state index contributed by atoms with van der Waals surface area (Å²) in [6.07, 6.45) is 2.44. The van der Waals surface area contributed by atoms with Gasteiger partial charge in [-0.1, -0.05) is 17.7 Å². The van der Waals surface area contributed by atoms with Crippen LogP contribution in [0.15, 0.2) is 30.3 Å². The number of amides is 3. The first-order valence-electron chi connectivity index (χ1n) is 12.7. The number of nitrogens with zero attached hydrogens (tertiary/aromatic N) is 4. The number of carbonyl (C=O) groups excluding carboxylic acids is 3. The third-order valence-corrected chi connectivity index (χ3v) is 8.59. The van der Waals surface area contributed by atoms with Crippen molar-refractivity contribution in [3.63, 3.8) is 0 Å². The lowest BCUT2D eigenvalue weighted by atomic mass is 9.81. The number of carbonyl (C=O) groups is 3. The average molecular weight is 592 g/mol. The zero-order valence-corrected chi connectivity index (χ0v) is 24.5. The number of hydrogen-bond acceptors (Lipinski definition) is 7. The van der Waals surface area contributed by atoms with Crippen molar-refractivity contribution in [3.05, 3.63) is 56.6 Å². The molecule has 3 amide bonds. The molecule has 3 atom stereocenters. The molecule has 2 aliphatic rings. The predicted molar refractivity (Wildman–Crippen MR) is 155 cm³/mol. The summed E-state index contributed by atoms with van der Waals surface area (Å²) < 4.78 is 0. The summed E-state index contributed by atoms with van der Waals surface area (Å²) in [4.78, 5) is 53.3. The van der Waals surface area contributed by atoms with Crippen LogP contribution in [0.4, 0.5) is 0 Å². The van der Waals surface area contributed by atoms with Crippen molar-refractivity contribution in [1.29, 1.82) is 0 Å². The zero-order chi connectivity index (χ0) is 27.0. The molecule has 0 saturated heterocycles. The van der Waals surface area contributed by atoms with E-state index in [1.807, 2.05) is 6.07 Å². The van der Waals surface area contributed by atoms with Gasteiger partial charge in [0.25, 0.3) is 11.8 Å². The highest BCUT2D eigenvalue weighted by atomic mass is 35.5.